The normalized spacial score (nSPS) is 13.1. The average Bonchev–Trinajstić information content (AvgIpc) is 2.14. The highest BCUT2D eigenvalue weighted by Gasteiger charge is 2.22. The number of quaternary nitrogens is 1. The standard InChI is InChI=1S/C82H160NO8P/c1-6-8-10-12-14-16-18-20-22-24-26-28-30-32-34-36-37-38-39-40-41-42-43-44-45-47-49-51-53-55-57-59-61-63-65-67-69-71-73-75-82(85)91-80(79-90-92(86,87)89-77-76-83(3,4)5)78-88-81(84)74-72-70-68-66-64-62-60-58-56-54-52-50-48-46-35-33-31-29-27-25-23-21-19-17-15-13-11-9-7-2/h18,20,24,26,80H,6-17,19,21-23,25,27-79H2,1-5H3/b20-18-,26-24-. The molecule has 0 rings (SSSR count). The number of ether oxygens (including phenoxy) is 2. The first-order chi connectivity index (χ1) is 45.0. The number of nitrogens with zero attached hydrogens (tertiary/aromatic N) is 1. The van der Waals surface area contributed by atoms with Crippen LogP contribution in [0.25, 0.3) is 0 Å². The van der Waals surface area contributed by atoms with E-state index in [0.717, 1.165) is 38.5 Å². The topological polar surface area (TPSA) is 111 Å². The van der Waals surface area contributed by atoms with E-state index >= 15 is 0 Å². The minimum atomic E-state index is -4.64. The van der Waals surface area contributed by atoms with Crippen LogP contribution in [0.3, 0.4) is 0 Å². The number of phosphoric ester groups is 1. The van der Waals surface area contributed by atoms with Crippen molar-refractivity contribution < 1.29 is 42.1 Å². The molecule has 0 aromatic carbocycles. The van der Waals surface area contributed by atoms with E-state index in [0.29, 0.717) is 17.4 Å². The lowest BCUT2D eigenvalue weighted by Crippen LogP contribution is -2.37. The lowest BCUT2D eigenvalue weighted by molar-refractivity contribution is -0.870. The Morgan fingerprint density at radius 1 is 0.337 bits per heavy atom. The molecule has 0 saturated heterocycles. The molecule has 0 spiro atoms. The van der Waals surface area contributed by atoms with E-state index < -0.39 is 26.5 Å². The minimum Gasteiger partial charge on any atom is -0.756 e. The molecule has 0 aromatic heterocycles. The molecule has 2 unspecified atom stereocenters. The molecule has 9 nitrogen and oxygen atoms in total. The molecule has 0 N–H and O–H groups in total. The molecule has 0 heterocycles. The smallest absolute Gasteiger partial charge is 0.306 e. The number of rotatable bonds is 78. The maximum absolute atomic E-state index is 12.9. The van der Waals surface area contributed by atoms with Gasteiger partial charge in [-0.1, -0.05) is 404 Å². The van der Waals surface area contributed by atoms with Crippen LogP contribution in [-0.2, 0) is 32.7 Å². The van der Waals surface area contributed by atoms with Crippen molar-refractivity contribution in [2.24, 2.45) is 0 Å². The first-order valence-electron chi connectivity index (χ1n) is 41.0. The summed E-state index contributed by atoms with van der Waals surface area (Å²) in [4.78, 5) is 38.2. The Morgan fingerprint density at radius 2 is 0.587 bits per heavy atom. The fourth-order valence-electron chi connectivity index (χ4n) is 12.7. The molecule has 0 aliphatic carbocycles. The maximum atomic E-state index is 12.9. The Labute approximate surface area is 574 Å². The van der Waals surface area contributed by atoms with Crippen LogP contribution in [0.2, 0.25) is 0 Å². The zero-order valence-electron chi connectivity index (χ0n) is 62.5. The van der Waals surface area contributed by atoms with Crippen molar-refractivity contribution in [3.05, 3.63) is 24.3 Å². The molecule has 0 aromatic rings. The van der Waals surface area contributed by atoms with E-state index in [4.69, 9.17) is 18.5 Å². The highest BCUT2D eigenvalue weighted by atomic mass is 31.2. The van der Waals surface area contributed by atoms with Crippen molar-refractivity contribution >= 4 is 19.8 Å². The molecule has 546 valence electrons. The monoisotopic (exact) mass is 1320 g/mol. The van der Waals surface area contributed by atoms with Crippen LogP contribution in [0.1, 0.15) is 438 Å². The molecular weight excluding hydrogens is 1160 g/mol. The van der Waals surface area contributed by atoms with Crippen LogP contribution in [0, 0.1) is 0 Å². The lowest BCUT2D eigenvalue weighted by Gasteiger charge is -2.28. The molecule has 0 radical (unpaired) electrons. The Kier molecular flexibility index (Phi) is 72.5. The van der Waals surface area contributed by atoms with E-state index in [1.54, 1.807) is 0 Å². The molecule has 0 bridgehead atoms. The summed E-state index contributed by atoms with van der Waals surface area (Å²) in [5.41, 5.74) is 0. The molecule has 10 heteroatoms. The van der Waals surface area contributed by atoms with Gasteiger partial charge in [0.25, 0.3) is 7.82 Å². The predicted octanol–water partition coefficient (Wildman–Crippen LogP) is 26.5. The third-order valence-corrected chi connectivity index (χ3v) is 19.9. The van der Waals surface area contributed by atoms with Gasteiger partial charge in [-0.05, 0) is 44.9 Å². The van der Waals surface area contributed by atoms with Crippen LogP contribution in [0.4, 0.5) is 0 Å². The lowest BCUT2D eigenvalue weighted by atomic mass is 10.0. The summed E-state index contributed by atoms with van der Waals surface area (Å²) in [6.07, 6.45) is 94.6. The van der Waals surface area contributed by atoms with Gasteiger partial charge in [-0.3, -0.25) is 14.2 Å². The van der Waals surface area contributed by atoms with E-state index in [-0.39, 0.29) is 32.0 Å². The number of unbranched alkanes of at least 4 members (excludes halogenated alkanes) is 60. The summed E-state index contributed by atoms with van der Waals surface area (Å²) in [5, 5.41) is 0. The second-order valence-electron chi connectivity index (χ2n) is 29.5. The van der Waals surface area contributed by atoms with Gasteiger partial charge in [-0.25, -0.2) is 0 Å². The number of esters is 2. The Morgan fingerprint density at radius 3 is 0.859 bits per heavy atom. The molecule has 0 aliphatic rings. The summed E-state index contributed by atoms with van der Waals surface area (Å²) in [7, 11) is 1.20. The number of carbonyl (C=O) groups is 2. The number of hydrogen-bond acceptors (Lipinski definition) is 8. The van der Waals surface area contributed by atoms with Gasteiger partial charge in [0.15, 0.2) is 6.10 Å². The molecule has 0 amide bonds. The van der Waals surface area contributed by atoms with E-state index in [9.17, 15) is 19.0 Å². The SMILES string of the molecule is CCCCCCC/C=C\C/C=C\CCCCCCCCCCCCCCCCCCCCCCCCCCCCCC(=O)OC(COC(=O)CCCCCCCCCCCCCCCCCCCCCCCCCCCCCCC)COP(=O)([O-])OCC[N+](C)(C)C. The average molecular weight is 1320 g/mol. The summed E-state index contributed by atoms with van der Waals surface area (Å²) in [5.74, 6) is -0.803. The third kappa shape index (κ3) is 77.5. The first kappa shape index (κ1) is 90.5. The summed E-state index contributed by atoms with van der Waals surface area (Å²) in [6.45, 7) is 4.33. The van der Waals surface area contributed by atoms with Gasteiger partial charge in [0.05, 0.1) is 27.7 Å². The zero-order chi connectivity index (χ0) is 66.9. The second kappa shape index (κ2) is 73.7. The van der Waals surface area contributed by atoms with Crippen LogP contribution in [0.15, 0.2) is 24.3 Å². The van der Waals surface area contributed by atoms with Crippen molar-refractivity contribution in [2.45, 2.75) is 444 Å². The van der Waals surface area contributed by atoms with Gasteiger partial charge in [0, 0.05) is 12.8 Å². The van der Waals surface area contributed by atoms with E-state index in [1.165, 1.54) is 366 Å². The van der Waals surface area contributed by atoms with Crippen LogP contribution >= 0.6 is 7.82 Å². The number of phosphoric acid groups is 1. The number of carbonyl (C=O) groups excluding carboxylic acids is 2. The highest BCUT2D eigenvalue weighted by molar-refractivity contribution is 7.45. The van der Waals surface area contributed by atoms with Gasteiger partial charge >= 0.3 is 11.9 Å². The summed E-state index contributed by atoms with van der Waals surface area (Å²) in [6, 6.07) is 0. The molecular formula is C82H160NO8P. The van der Waals surface area contributed by atoms with Crippen LogP contribution in [-0.4, -0.2) is 70.0 Å². The molecule has 2 atom stereocenters. The zero-order valence-corrected chi connectivity index (χ0v) is 63.4. The number of likely N-dealkylation sites (N-methyl/N-ethyl adjacent to an activating group) is 1. The third-order valence-electron chi connectivity index (χ3n) is 19.0. The molecule has 92 heavy (non-hydrogen) atoms. The van der Waals surface area contributed by atoms with Gasteiger partial charge in [0.1, 0.15) is 19.8 Å². The number of allylic oxidation sites excluding steroid dienone is 4. The van der Waals surface area contributed by atoms with Crippen molar-refractivity contribution in [1.29, 1.82) is 0 Å². The Hall–Kier alpha value is -1.51. The van der Waals surface area contributed by atoms with Crippen molar-refractivity contribution in [3.8, 4) is 0 Å². The fraction of sp³-hybridized carbons (Fsp3) is 0.927. The van der Waals surface area contributed by atoms with E-state index in [2.05, 4.69) is 38.2 Å². The van der Waals surface area contributed by atoms with Crippen molar-refractivity contribution in [2.75, 3.05) is 47.5 Å². The van der Waals surface area contributed by atoms with Crippen molar-refractivity contribution in [3.63, 3.8) is 0 Å². The minimum absolute atomic E-state index is 0.0259. The van der Waals surface area contributed by atoms with E-state index in [1.807, 2.05) is 21.1 Å². The Balaban J connectivity index is 3.87. The second-order valence-corrected chi connectivity index (χ2v) is 30.9. The van der Waals surface area contributed by atoms with Crippen LogP contribution in [0.5, 0.6) is 0 Å². The molecule has 0 fully saturated rings. The molecule has 0 aliphatic heterocycles. The first-order valence-corrected chi connectivity index (χ1v) is 42.5. The van der Waals surface area contributed by atoms with Gasteiger partial charge in [0.2, 0.25) is 0 Å². The summed E-state index contributed by atoms with van der Waals surface area (Å²) >= 11 is 0. The summed E-state index contributed by atoms with van der Waals surface area (Å²) < 4.78 is 34.4. The van der Waals surface area contributed by atoms with Gasteiger partial charge in [-0.2, -0.15) is 0 Å². The number of hydrogen-bond donors (Lipinski definition) is 0. The molecule has 0 saturated carbocycles. The largest absolute Gasteiger partial charge is 0.756 e. The van der Waals surface area contributed by atoms with Crippen molar-refractivity contribution in [1.82, 2.24) is 0 Å². The highest BCUT2D eigenvalue weighted by Crippen LogP contribution is 2.38. The van der Waals surface area contributed by atoms with Gasteiger partial charge in [-0.15, -0.1) is 0 Å². The Bertz CT molecular complexity index is 1600. The fourth-order valence-corrected chi connectivity index (χ4v) is 13.4. The van der Waals surface area contributed by atoms with Gasteiger partial charge < -0.3 is 27.9 Å². The maximum Gasteiger partial charge on any atom is 0.306 e. The quantitative estimate of drug-likeness (QED) is 0.0195. The van der Waals surface area contributed by atoms with Crippen LogP contribution < -0.4 is 4.89 Å². The predicted molar refractivity (Wildman–Crippen MR) is 398 cm³/mol.